The highest BCUT2D eigenvalue weighted by atomic mass is 19.1. The van der Waals surface area contributed by atoms with Crippen molar-refractivity contribution in [1.82, 2.24) is 9.97 Å². The topological polar surface area (TPSA) is 55.3 Å². The van der Waals surface area contributed by atoms with Gasteiger partial charge in [-0.25, -0.2) is 13.8 Å². The fraction of sp³-hybridized carbons (Fsp3) is 0.292. The maximum atomic E-state index is 14.7. The molecule has 0 aliphatic heterocycles. The van der Waals surface area contributed by atoms with E-state index in [2.05, 4.69) is 9.97 Å². The smallest absolute Gasteiger partial charge is 0.152 e. The fourth-order valence-corrected chi connectivity index (χ4v) is 3.47. The molecule has 7 heteroatoms. The van der Waals surface area contributed by atoms with Crippen LogP contribution in [0.2, 0.25) is 0 Å². The molecule has 1 heterocycles. The van der Waals surface area contributed by atoms with E-state index < -0.39 is 17.0 Å². The van der Waals surface area contributed by atoms with E-state index in [0.29, 0.717) is 30.1 Å². The van der Waals surface area contributed by atoms with Crippen LogP contribution in [0.3, 0.4) is 0 Å². The molecule has 0 N–H and O–H groups in total. The van der Waals surface area contributed by atoms with Gasteiger partial charge in [0.2, 0.25) is 0 Å². The van der Waals surface area contributed by atoms with Crippen molar-refractivity contribution in [3.05, 3.63) is 77.8 Å². The normalized spacial score (nSPS) is 11.3. The van der Waals surface area contributed by atoms with Gasteiger partial charge in [-0.2, -0.15) is 0 Å². The number of anilines is 2. The zero-order chi connectivity index (χ0) is 22.4. The van der Waals surface area contributed by atoms with Crippen molar-refractivity contribution in [1.29, 1.82) is 0 Å². The van der Waals surface area contributed by atoms with Crippen molar-refractivity contribution in [2.24, 2.45) is 0 Å². The van der Waals surface area contributed by atoms with E-state index in [1.54, 1.807) is 18.2 Å². The average molecular weight is 425 g/mol. The maximum Gasteiger partial charge on any atom is 0.152 e. The summed E-state index contributed by atoms with van der Waals surface area (Å²) in [6.45, 7) is 4.10. The Hall–Kier alpha value is -3.35. The van der Waals surface area contributed by atoms with Crippen LogP contribution in [-0.2, 0) is 16.8 Å². The Morgan fingerprint density at radius 3 is 2.35 bits per heavy atom. The van der Waals surface area contributed by atoms with Gasteiger partial charge in [-0.3, -0.25) is 4.98 Å². The molecular formula is C24H25F2N3O2. The molecule has 3 aromatic rings. The Bertz CT molecular complexity index is 1040. The number of aromatic nitrogens is 2. The number of hydrogen-bond acceptors (Lipinski definition) is 5. The van der Waals surface area contributed by atoms with Gasteiger partial charge in [-0.05, 0) is 42.7 Å². The molecule has 0 bridgehead atoms. The van der Waals surface area contributed by atoms with Gasteiger partial charge in [-0.1, -0.05) is 26.0 Å². The summed E-state index contributed by atoms with van der Waals surface area (Å²) in [5.74, 6) is -0.311. The van der Waals surface area contributed by atoms with Crippen LogP contribution >= 0.6 is 0 Å². The standard InChI is InChI=1S/C24H25F2N3O2/c1-4-24(5-2,16-30)22-13-27-14-23(28-22)29(21-11-8-18(25)12-20(21)26)15-17-6-9-19(31-3)10-7-17/h6-14,16H,4-5,15H2,1-3H3. The summed E-state index contributed by atoms with van der Waals surface area (Å²) < 4.78 is 33.5. The van der Waals surface area contributed by atoms with Gasteiger partial charge in [0.15, 0.2) is 5.82 Å². The minimum atomic E-state index is -0.768. The molecule has 0 aliphatic rings. The lowest BCUT2D eigenvalue weighted by Crippen LogP contribution is -2.29. The van der Waals surface area contributed by atoms with Gasteiger partial charge >= 0.3 is 0 Å². The number of hydrogen-bond donors (Lipinski definition) is 0. The molecule has 1 aromatic heterocycles. The summed E-state index contributed by atoms with van der Waals surface area (Å²) in [7, 11) is 1.58. The monoisotopic (exact) mass is 425 g/mol. The van der Waals surface area contributed by atoms with E-state index in [9.17, 15) is 13.6 Å². The molecule has 31 heavy (non-hydrogen) atoms. The van der Waals surface area contributed by atoms with Crippen molar-refractivity contribution < 1.29 is 18.3 Å². The van der Waals surface area contributed by atoms with Gasteiger partial charge in [0.1, 0.15) is 23.7 Å². The molecule has 0 amide bonds. The second-order valence-corrected chi connectivity index (χ2v) is 7.27. The molecule has 0 unspecified atom stereocenters. The number of nitrogens with zero attached hydrogens (tertiary/aromatic N) is 3. The molecule has 3 rings (SSSR count). The Kier molecular flexibility index (Phi) is 6.95. The number of ether oxygens (including phenoxy) is 1. The largest absolute Gasteiger partial charge is 0.497 e. The van der Waals surface area contributed by atoms with Crippen LogP contribution in [0, 0.1) is 11.6 Å². The van der Waals surface area contributed by atoms with Crippen molar-refractivity contribution in [3.63, 3.8) is 0 Å². The number of aldehydes is 1. The van der Waals surface area contributed by atoms with E-state index in [1.807, 2.05) is 38.1 Å². The number of benzene rings is 2. The summed E-state index contributed by atoms with van der Waals surface area (Å²) in [6, 6.07) is 10.7. The fourth-order valence-electron chi connectivity index (χ4n) is 3.47. The van der Waals surface area contributed by atoms with Gasteiger partial charge in [-0.15, -0.1) is 0 Å². The SMILES string of the molecule is CCC(C=O)(CC)c1cncc(N(Cc2ccc(OC)cc2)c2ccc(F)cc2F)n1. The molecular weight excluding hydrogens is 400 g/mol. The van der Waals surface area contributed by atoms with Gasteiger partial charge in [0.25, 0.3) is 0 Å². The Morgan fingerprint density at radius 2 is 1.77 bits per heavy atom. The summed E-state index contributed by atoms with van der Waals surface area (Å²) >= 11 is 0. The molecule has 0 saturated carbocycles. The molecule has 162 valence electrons. The van der Waals surface area contributed by atoms with E-state index in [0.717, 1.165) is 17.9 Å². The maximum absolute atomic E-state index is 14.7. The van der Waals surface area contributed by atoms with Crippen LogP contribution in [-0.4, -0.2) is 23.4 Å². The Labute approximate surface area is 180 Å². The van der Waals surface area contributed by atoms with Crippen molar-refractivity contribution in [2.75, 3.05) is 12.0 Å². The van der Waals surface area contributed by atoms with Crippen LogP contribution in [0.4, 0.5) is 20.3 Å². The third kappa shape index (κ3) is 4.71. The van der Waals surface area contributed by atoms with Crippen LogP contribution in [0.25, 0.3) is 0 Å². The first-order chi connectivity index (χ1) is 15.0. The molecule has 5 nitrogen and oxygen atoms in total. The van der Waals surface area contributed by atoms with Crippen LogP contribution in [0.1, 0.15) is 37.9 Å². The first-order valence-corrected chi connectivity index (χ1v) is 10.1. The second-order valence-electron chi connectivity index (χ2n) is 7.27. The summed E-state index contributed by atoms with van der Waals surface area (Å²) in [4.78, 5) is 22.5. The highest BCUT2D eigenvalue weighted by Crippen LogP contribution is 2.33. The van der Waals surface area contributed by atoms with Gasteiger partial charge in [0.05, 0.1) is 30.1 Å². The highest BCUT2D eigenvalue weighted by Gasteiger charge is 2.31. The lowest BCUT2D eigenvalue weighted by Gasteiger charge is -2.28. The molecule has 0 radical (unpaired) electrons. The predicted molar refractivity (Wildman–Crippen MR) is 116 cm³/mol. The zero-order valence-corrected chi connectivity index (χ0v) is 17.8. The van der Waals surface area contributed by atoms with E-state index in [-0.39, 0.29) is 12.2 Å². The molecule has 0 aliphatic carbocycles. The van der Waals surface area contributed by atoms with E-state index in [1.165, 1.54) is 18.3 Å². The molecule has 0 atom stereocenters. The molecule has 2 aromatic carbocycles. The first-order valence-electron chi connectivity index (χ1n) is 10.1. The predicted octanol–water partition coefficient (Wildman–Crippen LogP) is 5.36. The molecule has 0 fully saturated rings. The van der Waals surface area contributed by atoms with Gasteiger partial charge < -0.3 is 14.4 Å². The van der Waals surface area contributed by atoms with Crippen LogP contribution < -0.4 is 9.64 Å². The van der Waals surface area contributed by atoms with Crippen molar-refractivity contribution >= 4 is 17.8 Å². The van der Waals surface area contributed by atoms with Crippen molar-refractivity contribution in [3.8, 4) is 5.75 Å². The van der Waals surface area contributed by atoms with E-state index in [4.69, 9.17) is 4.74 Å². The lowest BCUT2D eigenvalue weighted by atomic mass is 9.81. The zero-order valence-electron chi connectivity index (χ0n) is 17.8. The average Bonchev–Trinajstić information content (AvgIpc) is 2.80. The third-order valence-corrected chi connectivity index (χ3v) is 5.60. The molecule has 0 spiro atoms. The second kappa shape index (κ2) is 9.64. The highest BCUT2D eigenvalue weighted by molar-refractivity contribution is 5.68. The number of rotatable bonds is 9. The minimum absolute atomic E-state index is 0.161. The van der Waals surface area contributed by atoms with Crippen molar-refractivity contribution in [2.45, 2.75) is 38.6 Å². The van der Waals surface area contributed by atoms with E-state index >= 15 is 0 Å². The number of halogens is 2. The minimum Gasteiger partial charge on any atom is -0.497 e. The lowest BCUT2D eigenvalue weighted by molar-refractivity contribution is -0.113. The Balaban J connectivity index is 2.09. The Morgan fingerprint density at radius 1 is 1.06 bits per heavy atom. The summed E-state index contributed by atoms with van der Waals surface area (Å²) in [5.41, 5.74) is 0.779. The third-order valence-electron chi connectivity index (χ3n) is 5.60. The summed E-state index contributed by atoms with van der Waals surface area (Å²) in [5, 5.41) is 0. The number of carbonyl (C=O) groups excluding carboxylic acids is 1. The van der Waals surface area contributed by atoms with Crippen LogP contribution in [0.5, 0.6) is 5.75 Å². The van der Waals surface area contributed by atoms with Gasteiger partial charge in [0, 0.05) is 18.8 Å². The van der Waals surface area contributed by atoms with Crippen LogP contribution in [0.15, 0.2) is 54.9 Å². The molecule has 0 saturated heterocycles. The number of methoxy groups -OCH3 is 1. The summed E-state index contributed by atoms with van der Waals surface area (Å²) in [6.07, 6.45) is 5.10. The first kappa shape index (κ1) is 22.3. The number of carbonyl (C=O) groups is 1. The quantitative estimate of drug-likeness (QED) is 0.432.